The molecule has 0 unspecified atom stereocenters. The van der Waals surface area contributed by atoms with Crippen molar-refractivity contribution in [2.45, 2.75) is 44.3 Å². The van der Waals surface area contributed by atoms with Gasteiger partial charge in [0.05, 0.1) is 7.11 Å². The molecule has 0 bridgehead atoms. The zero-order valence-electron chi connectivity index (χ0n) is 18.0. The van der Waals surface area contributed by atoms with Gasteiger partial charge in [0.15, 0.2) is 0 Å². The molecule has 1 aliphatic heterocycles. The van der Waals surface area contributed by atoms with Crippen LogP contribution in [-0.2, 0) is 13.0 Å². The average Bonchev–Trinajstić information content (AvgIpc) is 3.27. The highest BCUT2D eigenvalue weighted by molar-refractivity contribution is 5.38. The molecule has 1 aliphatic rings. The van der Waals surface area contributed by atoms with Crippen molar-refractivity contribution in [1.82, 2.24) is 10.6 Å². The molecule has 1 heterocycles. The van der Waals surface area contributed by atoms with Crippen molar-refractivity contribution < 1.29 is 4.74 Å². The Morgan fingerprint density at radius 1 is 0.967 bits per heavy atom. The predicted molar refractivity (Wildman–Crippen MR) is 124 cm³/mol. The van der Waals surface area contributed by atoms with E-state index in [1.165, 1.54) is 22.3 Å². The Balaban J connectivity index is 1.57. The van der Waals surface area contributed by atoms with Gasteiger partial charge in [0, 0.05) is 30.1 Å². The van der Waals surface area contributed by atoms with Gasteiger partial charge in [-0.15, -0.1) is 0 Å². The number of benzene rings is 3. The summed E-state index contributed by atoms with van der Waals surface area (Å²) in [5, 5.41) is 7.65. The molecule has 0 amide bonds. The van der Waals surface area contributed by atoms with Crippen LogP contribution in [0.1, 0.15) is 41.5 Å². The lowest BCUT2D eigenvalue weighted by Gasteiger charge is -2.30. The van der Waals surface area contributed by atoms with E-state index in [1.54, 1.807) is 7.11 Å². The molecule has 156 valence electrons. The first kappa shape index (κ1) is 20.6. The Morgan fingerprint density at radius 3 is 2.23 bits per heavy atom. The molecule has 0 aromatic heterocycles. The van der Waals surface area contributed by atoms with Crippen LogP contribution >= 0.6 is 0 Å². The van der Waals surface area contributed by atoms with Gasteiger partial charge >= 0.3 is 0 Å². The standard InChI is InChI=1S/C27H32N2O/c1-3-20-14-15-25(30-2)23(18-20)19-29-24-16-17-28-27(24)26(21-10-6-4-7-11-21)22-12-8-5-9-13-22/h4-15,18,24,26-29H,3,16-17,19H2,1-2H3/t24-,27+/m0/s1. The molecule has 0 spiro atoms. The number of hydrogen-bond acceptors (Lipinski definition) is 3. The van der Waals surface area contributed by atoms with Crippen LogP contribution in [0.3, 0.4) is 0 Å². The summed E-state index contributed by atoms with van der Waals surface area (Å²) in [5.41, 5.74) is 5.31. The van der Waals surface area contributed by atoms with Gasteiger partial charge in [0.2, 0.25) is 0 Å². The summed E-state index contributed by atoms with van der Waals surface area (Å²) in [7, 11) is 1.76. The molecule has 4 rings (SSSR count). The third-order valence-corrected chi connectivity index (χ3v) is 6.25. The van der Waals surface area contributed by atoms with Gasteiger partial charge in [-0.1, -0.05) is 79.7 Å². The van der Waals surface area contributed by atoms with Gasteiger partial charge in [-0.25, -0.2) is 0 Å². The molecule has 2 N–H and O–H groups in total. The molecule has 1 fully saturated rings. The lowest BCUT2D eigenvalue weighted by Crippen LogP contribution is -2.44. The minimum absolute atomic E-state index is 0.316. The molecule has 30 heavy (non-hydrogen) atoms. The molecule has 3 aromatic rings. The fourth-order valence-electron chi connectivity index (χ4n) is 4.67. The van der Waals surface area contributed by atoms with E-state index in [4.69, 9.17) is 4.74 Å². The summed E-state index contributed by atoms with van der Waals surface area (Å²) in [6.45, 7) is 4.04. The lowest BCUT2D eigenvalue weighted by molar-refractivity contribution is 0.393. The summed E-state index contributed by atoms with van der Waals surface area (Å²) in [6, 6.07) is 29.0. The van der Waals surface area contributed by atoms with Crippen molar-refractivity contribution in [1.29, 1.82) is 0 Å². The second kappa shape index (κ2) is 9.92. The van der Waals surface area contributed by atoms with Gasteiger partial charge < -0.3 is 15.4 Å². The molecule has 3 heteroatoms. The van der Waals surface area contributed by atoms with Gasteiger partial charge in [-0.05, 0) is 42.1 Å². The number of ether oxygens (including phenoxy) is 1. The van der Waals surface area contributed by atoms with E-state index in [0.717, 1.165) is 31.7 Å². The van der Waals surface area contributed by atoms with Crippen LogP contribution in [0.15, 0.2) is 78.9 Å². The average molecular weight is 401 g/mol. The van der Waals surface area contributed by atoms with Crippen molar-refractivity contribution >= 4 is 0 Å². The van der Waals surface area contributed by atoms with E-state index in [9.17, 15) is 0 Å². The number of rotatable bonds is 8. The zero-order valence-corrected chi connectivity index (χ0v) is 18.0. The second-order valence-electron chi connectivity index (χ2n) is 8.05. The van der Waals surface area contributed by atoms with Crippen molar-refractivity contribution in [2.24, 2.45) is 0 Å². The van der Waals surface area contributed by atoms with Gasteiger partial charge in [0.25, 0.3) is 0 Å². The maximum Gasteiger partial charge on any atom is 0.123 e. The molecule has 1 saturated heterocycles. The van der Waals surface area contributed by atoms with Crippen LogP contribution in [0.5, 0.6) is 5.75 Å². The fraction of sp³-hybridized carbons (Fsp3) is 0.333. The normalized spacial score (nSPS) is 18.6. The molecular formula is C27H32N2O. The minimum Gasteiger partial charge on any atom is -0.496 e. The Hall–Kier alpha value is -2.62. The van der Waals surface area contributed by atoms with Gasteiger partial charge in [-0.2, -0.15) is 0 Å². The molecule has 3 aromatic carbocycles. The first-order valence-electron chi connectivity index (χ1n) is 11.0. The topological polar surface area (TPSA) is 33.3 Å². The summed E-state index contributed by atoms with van der Waals surface area (Å²) in [5.74, 6) is 1.28. The number of aryl methyl sites for hydroxylation is 1. The third kappa shape index (κ3) is 4.58. The van der Waals surface area contributed by atoms with E-state index in [0.29, 0.717) is 18.0 Å². The largest absolute Gasteiger partial charge is 0.496 e. The van der Waals surface area contributed by atoms with E-state index < -0.39 is 0 Å². The summed E-state index contributed by atoms with van der Waals surface area (Å²) >= 11 is 0. The smallest absolute Gasteiger partial charge is 0.123 e. The zero-order chi connectivity index (χ0) is 20.8. The predicted octanol–water partition coefficient (Wildman–Crippen LogP) is 4.91. The molecule has 3 nitrogen and oxygen atoms in total. The Morgan fingerprint density at radius 2 is 1.63 bits per heavy atom. The highest BCUT2D eigenvalue weighted by atomic mass is 16.5. The first-order valence-corrected chi connectivity index (χ1v) is 11.0. The molecule has 0 saturated carbocycles. The fourth-order valence-corrected chi connectivity index (χ4v) is 4.67. The van der Waals surface area contributed by atoms with Crippen molar-refractivity contribution in [3.05, 3.63) is 101 Å². The second-order valence-corrected chi connectivity index (χ2v) is 8.05. The highest BCUT2D eigenvalue weighted by Gasteiger charge is 2.35. The van der Waals surface area contributed by atoms with E-state index in [1.807, 2.05) is 0 Å². The van der Waals surface area contributed by atoms with E-state index >= 15 is 0 Å². The van der Waals surface area contributed by atoms with Crippen LogP contribution in [-0.4, -0.2) is 25.7 Å². The molecule has 0 aliphatic carbocycles. The van der Waals surface area contributed by atoms with Gasteiger partial charge in [0.1, 0.15) is 5.75 Å². The highest BCUT2D eigenvalue weighted by Crippen LogP contribution is 2.32. The number of nitrogens with one attached hydrogen (secondary N) is 2. The van der Waals surface area contributed by atoms with Crippen LogP contribution in [0.4, 0.5) is 0 Å². The SMILES string of the molecule is CCc1ccc(OC)c(CN[C@H]2CCN[C@H]2C(c2ccccc2)c2ccccc2)c1. The number of hydrogen-bond donors (Lipinski definition) is 2. The number of methoxy groups -OCH3 is 1. The summed E-state index contributed by atoms with van der Waals surface area (Å²) in [4.78, 5) is 0. The lowest BCUT2D eigenvalue weighted by atomic mass is 9.82. The van der Waals surface area contributed by atoms with Crippen molar-refractivity contribution in [3.63, 3.8) is 0 Å². The minimum atomic E-state index is 0.316. The monoisotopic (exact) mass is 400 g/mol. The van der Waals surface area contributed by atoms with E-state index in [-0.39, 0.29) is 0 Å². The first-order chi connectivity index (χ1) is 14.8. The molecular weight excluding hydrogens is 368 g/mol. The Bertz CT molecular complexity index is 887. The van der Waals surface area contributed by atoms with Crippen molar-refractivity contribution in [3.8, 4) is 5.75 Å². The summed E-state index contributed by atoms with van der Waals surface area (Å²) < 4.78 is 5.62. The van der Waals surface area contributed by atoms with Crippen LogP contribution in [0.2, 0.25) is 0 Å². The summed E-state index contributed by atoms with van der Waals surface area (Å²) in [6.07, 6.45) is 2.16. The maximum atomic E-state index is 5.62. The molecule has 2 atom stereocenters. The molecule has 0 radical (unpaired) electrons. The third-order valence-electron chi connectivity index (χ3n) is 6.25. The van der Waals surface area contributed by atoms with Crippen LogP contribution in [0, 0.1) is 0 Å². The Labute approximate surface area is 180 Å². The van der Waals surface area contributed by atoms with Gasteiger partial charge in [-0.3, -0.25) is 0 Å². The Kier molecular flexibility index (Phi) is 6.83. The van der Waals surface area contributed by atoms with E-state index in [2.05, 4.69) is 96.4 Å². The quantitative estimate of drug-likeness (QED) is 0.564. The van der Waals surface area contributed by atoms with Crippen LogP contribution < -0.4 is 15.4 Å². The van der Waals surface area contributed by atoms with Crippen molar-refractivity contribution in [2.75, 3.05) is 13.7 Å². The maximum absolute atomic E-state index is 5.62. The van der Waals surface area contributed by atoms with Crippen LogP contribution in [0.25, 0.3) is 0 Å².